The highest BCUT2D eigenvalue weighted by Crippen LogP contribution is 2.24. The minimum absolute atomic E-state index is 0.140. The average molecular weight is 567 g/mol. The molecule has 0 saturated carbocycles. The van der Waals surface area contributed by atoms with Crippen LogP contribution in [0, 0.1) is 11.8 Å². The van der Waals surface area contributed by atoms with Gasteiger partial charge >= 0.3 is 0 Å². The van der Waals surface area contributed by atoms with Crippen LogP contribution in [0.15, 0.2) is 71.6 Å². The molecule has 2 aliphatic heterocycles. The van der Waals surface area contributed by atoms with Crippen molar-refractivity contribution >= 4 is 0 Å². The van der Waals surface area contributed by atoms with E-state index in [1.54, 1.807) is 12.5 Å². The number of likely N-dealkylation sites (tertiary alicyclic amines) is 1. The van der Waals surface area contributed by atoms with E-state index in [4.69, 9.17) is 18.9 Å². The first-order valence-electron chi connectivity index (χ1n) is 14.9. The monoisotopic (exact) mass is 566 g/mol. The Labute approximate surface area is 247 Å². The number of aliphatic hydroxyl groups excluding tert-OH is 1. The summed E-state index contributed by atoms with van der Waals surface area (Å²) in [5.41, 5.74) is 4.90. The number of hydrogen-bond acceptors (Lipinski definition) is 7. The van der Waals surface area contributed by atoms with Crippen LogP contribution in [-0.4, -0.2) is 56.6 Å². The minimum atomic E-state index is -0.184. The van der Waals surface area contributed by atoms with E-state index in [1.165, 1.54) is 5.56 Å². The summed E-state index contributed by atoms with van der Waals surface area (Å²) >= 11 is 0. The van der Waals surface area contributed by atoms with Crippen molar-refractivity contribution in [2.45, 2.75) is 70.6 Å². The Morgan fingerprint density at radius 1 is 0.976 bits per heavy atom. The van der Waals surface area contributed by atoms with E-state index in [-0.39, 0.29) is 18.5 Å². The summed E-state index contributed by atoms with van der Waals surface area (Å²) in [6.07, 6.45) is 9.78. The second kappa shape index (κ2) is 13.5. The summed E-state index contributed by atoms with van der Waals surface area (Å²) in [6.45, 7) is 6.11. The van der Waals surface area contributed by atoms with Crippen LogP contribution in [0.2, 0.25) is 0 Å². The van der Waals surface area contributed by atoms with Gasteiger partial charge in [-0.1, -0.05) is 24.0 Å². The fourth-order valence-electron chi connectivity index (χ4n) is 5.48. The van der Waals surface area contributed by atoms with Crippen LogP contribution in [0.3, 0.4) is 0 Å². The predicted molar refractivity (Wildman–Crippen MR) is 159 cm³/mol. The van der Waals surface area contributed by atoms with Gasteiger partial charge in [-0.05, 0) is 81.0 Å². The van der Waals surface area contributed by atoms with Crippen LogP contribution < -0.4 is 0 Å². The zero-order valence-corrected chi connectivity index (χ0v) is 24.1. The van der Waals surface area contributed by atoms with Gasteiger partial charge in [0.1, 0.15) is 18.2 Å². The van der Waals surface area contributed by atoms with Crippen molar-refractivity contribution in [3.8, 4) is 23.3 Å². The van der Waals surface area contributed by atoms with Gasteiger partial charge in [0.05, 0.1) is 18.3 Å². The topological polar surface area (TPSA) is 85.8 Å². The zero-order valence-electron chi connectivity index (χ0n) is 24.1. The normalized spacial score (nSPS) is 18.9. The SMILES string of the molecule is C[C@H](OC1CCCCO1)c1nccn1Cc1coc(-c2ccc(C#Cc3ccc(CN4CCC(O)CC4)cc3)cc2)n1. The number of hydrogen-bond donors (Lipinski definition) is 1. The highest BCUT2D eigenvalue weighted by molar-refractivity contribution is 5.56. The molecule has 0 radical (unpaired) electrons. The maximum absolute atomic E-state index is 9.70. The van der Waals surface area contributed by atoms with Crippen LogP contribution in [0.25, 0.3) is 11.5 Å². The van der Waals surface area contributed by atoms with Crippen molar-refractivity contribution in [1.29, 1.82) is 0 Å². The number of aliphatic hydroxyl groups is 1. The molecule has 0 spiro atoms. The highest BCUT2D eigenvalue weighted by Gasteiger charge is 2.21. The Morgan fingerprint density at radius 2 is 1.71 bits per heavy atom. The molecule has 0 aliphatic carbocycles. The maximum atomic E-state index is 9.70. The van der Waals surface area contributed by atoms with Crippen LogP contribution in [0.5, 0.6) is 0 Å². The van der Waals surface area contributed by atoms with E-state index in [2.05, 4.69) is 46.0 Å². The number of imidazole rings is 1. The second-order valence-corrected chi connectivity index (χ2v) is 11.2. The molecule has 2 aliphatic rings. The van der Waals surface area contributed by atoms with Gasteiger partial charge in [-0.3, -0.25) is 4.90 Å². The first-order chi connectivity index (χ1) is 20.6. The number of piperidine rings is 1. The van der Waals surface area contributed by atoms with Gasteiger partial charge in [-0.2, -0.15) is 0 Å². The predicted octanol–water partition coefficient (Wildman–Crippen LogP) is 5.55. The smallest absolute Gasteiger partial charge is 0.226 e. The van der Waals surface area contributed by atoms with E-state index in [0.717, 1.165) is 86.6 Å². The second-order valence-electron chi connectivity index (χ2n) is 11.2. The molecule has 1 unspecified atom stereocenters. The van der Waals surface area contributed by atoms with E-state index in [0.29, 0.717) is 12.4 Å². The zero-order chi connectivity index (χ0) is 28.7. The lowest BCUT2D eigenvalue weighted by atomic mass is 10.1. The summed E-state index contributed by atoms with van der Waals surface area (Å²) in [5, 5.41) is 9.70. The number of nitrogens with zero attached hydrogens (tertiary/aromatic N) is 4. The summed E-state index contributed by atoms with van der Waals surface area (Å²) in [4.78, 5) is 11.6. The number of oxazole rings is 1. The molecule has 0 bridgehead atoms. The van der Waals surface area contributed by atoms with Gasteiger partial charge in [0.2, 0.25) is 5.89 Å². The lowest BCUT2D eigenvalue weighted by molar-refractivity contribution is -0.188. The Bertz CT molecular complexity index is 1480. The highest BCUT2D eigenvalue weighted by atomic mass is 16.7. The number of ether oxygens (including phenoxy) is 2. The summed E-state index contributed by atoms with van der Waals surface area (Å²) < 4.78 is 19.7. The number of rotatable bonds is 8. The molecule has 1 N–H and O–H groups in total. The van der Waals surface area contributed by atoms with E-state index < -0.39 is 0 Å². The molecule has 0 amide bonds. The Balaban J connectivity index is 1.04. The summed E-state index contributed by atoms with van der Waals surface area (Å²) in [5.74, 6) is 7.93. The molecule has 2 fully saturated rings. The Hall–Kier alpha value is -3.74. The fourth-order valence-corrected chi connectivity index (χ4v) is 5.48. The fraction of sp³-hybridized carbons (Fsp3) is 0.412. The third-order valence-corrected chi connectivity index (χ3v) is 7.89. The van der Waals surface area contributed by atoms with Crippen LogP contribution in [-0.2, 0) is 22.6 Å². The molecule has 2 atom stereocenters. The number of aromatic nitrogens is 3. The molecule has 2 saturated heterocycles. The molecule has 2 aromatic carbocycles. The quantitative estimate of drug-likeness (QED) is 0.280. The molecule has 8 nitrogen and oxygen atoms in total. The third-order valence-electron chi connectivity index (χ3n) is 7.89. The van der Waals surface area contributed by atoms with Gasteiger partial charge in [-0.25, -0.2) is 9.97 Å². The van der Waals surface area contributed by atoms with Crippen molar-refractivity contribution < 1.29 is 19.0 Å². The van der Waals surface area contributed by atoms with Gasteiger partial charge in [-0.15, -0.1) is 0 Å². The van der Waals surface area contributed by atoms with E-state index in [1.807, 2.05) is 42.0 Å². The first-order valence-corrected chi connectivity index (χ1v) is 14.9. The molecular weight excluding hydrogens is 528 g/mol. The van der Waals surface area contributed by atoms with E-state index in [9.17, 15) is 5.11 Å². The first kappa shape index (κ1) is 28.4. The Kier molecular flexibility index (Phi) is 9.12. The largest absolute Gasteiger partial charge is 0.444 e. The molecule has 42 heavy (non-hydrogen) atoms. The number of benzene rings is 2. The van der Waals surface area contributed by atoms with Crippen molar-refractivity contribution in [1.82, 2.24) is 19.4 Å². The lowest BCUT2D eigenvalue weighted by Crippen LogP contribution is -2.35. The molecule has 2 aromatic heterocycles. The van der Waals surface area contributed by atoms with Crippen LogP contribution in [0.1, 0.15) is 73.3 Å². The standard InChI is InChI=1S/C34H38N4O4/c1-25(42-32-4-2-3-21-40-32)33-35-17-20-38(33)23-30-24-41-34(36-30)29-13-11-27(12-14-29)6-5-26-7-9-28(10-8-26)22-37-18-15-31(39)16-19-37/h7-14,17,20,24-25,31-32,39H,2-4,15-16,18-19,21-23H2,1H3/t25-,32?/m0/s1. The van der Waals surface area contributed by atoms with Gasteiger partial charge < -0.3 is 23.6 Å². The van der Waals surface area contributed by atoms with Gasteiger partial charge in [0.25, 0.3) is 0 Å². The van der Waals surface area contributed by atoms with Crippen molar-refractivity contribution in [3.05, 3.63) is 95.4 Å². The van der Waals surface area contributed by atoms with Crippen molar-refractivity contribution in [2.75, 3.05) is 19.7 Å². The molecule has 4 aromatic rings. The lowest BCUT2D eigenvalue weighted by Gasteiger charge is -2.29. The van der Waals surface area contributed by atoms with Crippen LogP contribution >= 0.6 is 0 Å². The molecular formula is C34H38N4O4. The van der Waals surface area contributed by atoms with E-state index >= 15 is 0 Å². The summed E-state index contributed by atoms with van der Waals surface area (Å²) in [7, 11) is 0. The van der Waals surface area contributed by atoms with Crippen molar-refractivity contribution in [3.63, 3.8) is 0 Å². The van der Waals surface area contributed by atoms with Gasteiger partial charge in [0.15, 0.2) is 6.29 Å². The summed E-state index contributed by atoms with van der Waals surface area (Å²) in [6, 6.07) is 16.4. The minimum Gasteiger partial charge on any atom is -0.444 e. The Morgan fingerprint density at radius 3 is 2.43 bits per heavy atom. The average Bonchev–Trinajstić information content (AvgIpc) is 3.69. The molecule has 218 valence electrons. The van der Waals surface area contributed by atoms with Crippen LogP contribution in [0.4, 0.5) is 0 Å². The van der Waals surface area contributed by atoms with Gasteiger partial charge in [0, 0.05) is 55.3 Å². The van der Waals surface area contributed by atoms with Crippen molar-refractivity contribution in [2.24, 2.45) is 0 Å². The molecule has 6 rings (SSSR count). The molecule has 8 heteroatoms. The maximum Gasteiger partial charge on any atom is 0.226 e. The molecule has 4 heterocycles. The third kappa shape index (κ3) is 7.36.